The quantitative estimate of drug-likeness (QED) is 0.813. The van der Waals surface area contributed by atoms with Gasteiger partial charge in [-0.3, -0.25) is 0 Å². The van der Waals surface area contributed by atoms with Crippen LogP contribution in [0.2, 0.25) is 0 Å². The Morgan fingerprint density at radius 1 is 1.55 bits per heavy atom. The van der Waals surface area contributed by atoms with Crippen molar-refractivity contribution in [2.75, 3.05) is 34.4 Å². The predicted molar refractivity (Wildman–Crippen MR) is 86.4 cm³/mol. The molecule has 1 aromatic carbocycles. The average molecular weight is 383 g/mol. The minimum atomic E-state index is -3.24. The lowest BCUT2D eigenvalue weighted by atomic mass is 10.2. The highest BCUT2D eigenvalue weighted by Gasteiger charge is 2.34. The van der Waals surface area contributed by atoms with Crippen LogP contribution < -0.4 is 10.6 Å². The van der Waals surface area contributed by atoms with E-state index < -0.39 is 21.0 Å². The van der Waals surface area contributed by atoms with Crippen molar-refractivity contribution in [2.45, 2.75) is 12.3 Å². The molecule has 2 N–H and O–H groups in total. The van der Waals surface area contributed by atoms with Crippen LogP contribution in [0.25, 0.3) is 0 Å². The first kappa shape index (κ1) is 15.9. The van der Waals surface area contributed by atoms with E-state index in [2.05, 4.69) is 15.9 Å². The number of anilines is 2. The lowest BCUT2D eigenvalue weighted by molar-refractivity contribution is 0.578. The van der Waals surface area contributed by atoms with Crippen molar-refractivity contribution in [1.82, 2.24) is 0 Å². The standard InChI is InChI=1S/C12H16BrFN2O2S2/c1-2-20(17,18)12-7-19-4-3-16(12)11-6-9(14)8(13)5-10(11)15/h5-6,12H,2-4,7,15H2,1H3. The maximum absolute atomic E-state index is 13.7. The van der Waals surface area contributed by atoms with Gasteiger partial charge in [0.2, 0.25) is 0 Å². The molecule has 1 atom stereocenters. The molecule has 20 heavy (non-hydrogen) atoms. The number of hydrogen-bond acceptors (Lipinski definition) is 5. The molecule has 1 unspecified atom stereocenters. The molecule has 0 bridgehead atoms. The number of sulfone groups is 1. The minimum Gasteiger partial charge on any atom is -0.397 e. The van der Waals surface area contributed by atoms with E-state index in [1.807, 2.05) is 0 Å². The van der Waals surface area contributed by atoms with Gasteiger partial charge in [-0.25, -0.2) is 12.8 Å². The first-order valence-corrected chi connectivity index (χ1v) is 9.83. The molecule has 1 aromatic rings. The Morgan fingerprint density at radius 2 is 2.25 bits per heavy atom. The largest absolute Gasteiger partial charge is 0.397 e. The van der Waals surface area contributed by atoms with Crippen molar-refractivity contribution in [3.63, 3.8) is 0 Å². The smallest absolute Gasteiger partial charge is 0.171 e. The molecule has 0 aliphatic carbocycles. The van der Waals surface area contributed by atoms with Gasteiger partial charge >= 0.3 is 0 Å². The molecule has 2 rings (SSSR count). The number of benzene rings is 1. The van der Waals surface area contributed by atoms with Crippen molar-refractivity contribution in [1.29, 1.82) is 0 Å². The normalized spacial score (nSPS) is 20.1. The fourth-order valence-electron chi connectivity index (χ4n) is 2.15. The van der Waals surface area contributed by atoms with Gasteiger partial charge in [-0.1, -0.05) is 6.92 Å². The van der Waals surface area contributed by atoms with E-state index in [9.17, 15) is 12.8 Å². The zero-order valence-electron chi connectivity index (χ0n) is 11.0. The summed E-state index contributed by atoms with van der Waals surface area (Å²) in [6.45, 7) is 2.16. The van der Waals surface area contributed by atoms with Gasteiger partial charge in [0.1, 0.15) is 11.2 Å². The fourth-order valence-corrected chi connectivity index (χ4v) is 5.49. The van der Waals surface area contributed by atoms with Crippen molar-refractivity contribution < 1.29 is 12.8 Å². The second kappa shape index (κ2) is 6.11. The number of rotatable bonds is 3. The van der Waals surface area contributed by atoms with Crippen LogP contribution >= 0.6 is 27.7 Å². The van der Waals surface area contributed by atoms with Gasteiger partial charge in [-0.15, -0.1) is 0 Å². The summed E-state index contributed by atoms with van der Waals surface area (Å²) >= 11 is 4.67. The summed E-state index contributed by atoms with van der Waals surface area (Å²) in [5.74, 6) is 0.897. The monoisotopic (exact) mass is 382 g/mol. The Morgan fingerprint density at radius 3 is 2.90 bits per heavy atom. The maximum atomic E-state index is 13.7. The van der Waals surface area contributed by atoms with Gasteiger partial charge in [0.05, 0.1) is 15.8 Å². The fraction of sp³-hybridized carbons (Fsp3) is 0.500. The summed E-state index contributed by atoms with van der Waals surface area (Å²) in [4.78, 5) is 1.71. The number of hydrogen-bond donors (Lipinski definition) is 1. The second-order valence-electron chi connectivity index (χ2n) is 4.50. The topological polar surface area (TPSA) is 63.4 Å². The third-order valence-corrected chi connectivity index (χ3v) is 7.18. The van der Waals surface area contributed by atoms with Gasteiger partial charge in [0.25, 0.3) is 0 Å². The maximum Gasteiger partial charge on any atom is 0.171 e. The highest BCUT2D eigenvalue weighted by atomic mass is 79.9. The van der Waals surface area contributed by atoms with Gasteiger partial charge in [0, 0.05) is 29.9 Å². The van der Waals surface area contributed by atoms with Gasteiger partial charge < -0.3 is 10.6 Å². The van der Waals surface area contributed by atoms with Gasteiger partial charge in [0.15, 0.2) is 9.84 Å². The summed E-state index contributed by atoms with van der Waals surface area (Å²) < 4.78 is 38.4. The molecule has 0 radical (unpaired) electrons. The van der Waals surface area contributed by atoms with Crippen LogP contribution in [0, 0.1) is 5.82 Å². The van der Waals surface area contributed by atoms with Crippen molar-refractivity contribution in [2.24, 2.45) is 0 Å². The lowest BCUT2D eigenvalue weighted by Gasteiger charge is -2.37. The molecule has 0 spiro atoms. The van der Waals surface area contributed by atoms with E-state index >= 15 is 0 Å². The van der Waals surface area contributed by atoms with Crippen molar-refractivity contribution in [3.8, 4) is 0 Å². The Labute approximate surface area is 130 Å². The van der Waals surface area contributed by atoms with Crippen LogP contribution in [-0.2, 0) is 9.84 Å². The Kier molecular flexibility index (Phi) is 4.86. The Bertz CT molecular complexity index is 610. The van der Waals surface area contributed by atoms with E-state index in [0.717, 1.165) is 5.75 Å². The highest BCUT2D eigenvalue weighted by molar-refractivity contribution is 9.10. The molecule has 1 aliphatic heterocycles. The van der Waals surface area contributed by atoms with Crippen LogP contribution in [0.3, 0.4) is 0 Å². The van der Waals surface area contributed by atoms with Crippen LogP contribution in [0.5, 0.6) is 0 Å². The molecule has 0 saturated carbocycles. The SMILES string of the molecule is CCS(=O)(=O)C1CSCCN1c1cc(F)c(Br)cc1N. The van der Waals surface area contributed by atoms with E-state index in [4.69, 9.17) is 5.73 Å². The van der Waals surface area contributed by atoms with Crippen LogP contribution in [0.4, 0.5) is 15.8 Å². The molecular formula is C12H16BrFN2O2S2. The van der Waals surface area contributed by atoms with E-state index in [-0.39, 0.29) is 10.2 Å². The van der Waals surface area contributed by atoms with E-state index in [1.54, 1.807) is 23.6 Å². The number of nitrogens with two attached hydrogens (primary N) is 1. The summed E-state index contributed by atoms with van der Waals surface area (Å²) in [6.07, 6.45) is 0. The molecule has 1 saturated heterocycles. The lowest BCUT2D eigenvalue weighted by Crippen LogP contribution is -2.48. The Hall–Kier alpha value is -0.470. The highest BCUT2D eigenvalue weighted by Crippen LogP contribution is 2.34. The first-order valence-electron chi connectivity index (χ1n) is 6.17. The molecule has 0 amide bonds. The zero-order valence-corrected chi connectivity index (χ0v) is 14.2. The first-order chi connectivity index (χ1) is 9.36. The molecule has 4 nitrogen and oxygen atoms in total. The second-order valence-corrected chi connectivity index (χ2v) is 8.95. The number of nitrogen functional groups attached to an aromatic ring is 1. The molecule has 1 heterocycles. The zero-order chi connectivity index (χ0) is 14.9. The summed E-state index contributed by atoms with van der Waals surface area (Å²) in [5, 5.41) is -0.644. The van der Waals surface area contributed by atoms with E-state index in [1.165, 1.54) is 12.1 Å². The number of thioether (sulfide) groups is 1. The molecule has 0 aromatic heterocycles. The van der Waals surface area contributed by atoms with Gasteiger partial charge in [-0.2, -0.15) is 11.8 Å². The Balaban J connectivity index is 2.46. The van der Waals surface area contributed by atoms with Gasteiger partial charge in [-0.05, 0) is 22.0 Å². The van der Waals surface area contributed by atoms with Crippen molar-refractivity contribution >= 4 is 48.9 Å². The summed E-state index contributed by atoms with van der Waals surface area (Å²) in [7, 11) is -3.24. The third-order valence-electron chi connectivity index (χ3n) is 3.28. The third kappa shape index (κ3) is 3.07. The molecule has 1 aliphatic rings. The molecule has 112 valence electrons. The molecule has 1 fully saturated rings. The molecule has 8 heteroatoms. The van der Waals surface area contributed by atoms with Crippen LogP contribution in [0.1, 0.15) is 6.92 Å². The van der Waals surface area contributed by atoms with Crippen LogP contribution in [0.15, 0.2) is 16.6 Å². The summed E-state index contributed by atoms with van der Waals surface area (Å²) in [5.41, 5.74) is 6.76. The predicted octanol–water partition coefficient (Wildman–Crippen LogP) is 2.48. The minimum absolute atomic E-state index is 0.0631. The van der Waals surface area contributed by atoms with Crippen LogP contribution in [-0.4, -0.2) is 37.6 Å². The molecular weight excluding hydrogens is 367 g/mol. The summed E-state index contributed by atoms with van der Waals surface area (Å²) in [6, 6.07) is 2.77. The van der Waals surface area contributed by atoms with E-state index in [0.29, 0.717) is 23.7 Å². The average Bonchev–Trinajstić information content (AvgIpc) is 2.43. The number of halogens is 2. The van der Waals surface area contributed by atoms with Crippen molar-refractivity contribution in [3.05, 3.63) is 22.4 Å². The number of nitrogens with zero attached hydrogens (tertiary/aromatic N) is 1.